The van der Waals surface area contributed by atoms with Crippen molar-refractivity contribution in [2.75, 3.05) is 6.61 Å². The van der Waals surface area contributed by atoms with Crippen LogP contribution in [-0.2, 0) is 11.2 Å². The second-order valence-corrected chi connectivity index (χ2v) is 5.76. The van der Waals surface area contributed by atoms with Crippen LogP contribution in [0, 0.1) is 5.92 Å². The summed E-state index contributed by atoms with van der Waals surface area (Å²) in [5.74, 6) is 0.712. The number of rotatable bonds is 8. The van der Waals surface area contributed by atoms with Crippen molar-refractivity contribution in [3.63, 3.8) is 0 Å². The van der Waals surface area contributed by atoms with Gasteiger partial charge in [-0.1, -0.05) is 45.9 Å². The molecule has 0 amide bonds. The standard InChI is InChI=1S/C18H28O2/c1-6-18(7-2,20-8-3)17(19)16-11-9-10-15(13-16)12-14(4)5/h9-11,13-14H,6-8,12H2,1-5H3. The number of Topliss-reactive ketones (excluding diaryl/α,β-unsaturated/α-hetero) is 1. The van der Waals surface area contributed by atoms with Crippen LogP contribution < -0.4 is 0 Å². The van der Waals surface area contributed by atoms with Gasteiger partial charge in [0.15, 0.2) is 5.78 Å². The van der Waals surface area contributed by atoms with Gasteiger partial charge < -0.3 is 4.74 Å². The molecule has 0 saturated carbocycles. The molecule has 0 unspecified atom stereocenters. The summed E-state index contributed by atoms with van der Waals surface area (Å²) in [5.41, 5.74) is 1.34. The Bertz CT molecular complexity index is 431. The lowest BCUT2D eigenvalue weighted by Gasteiger charge is -2.30. The zero-order valence-electron chi connectivity index (χ0n) is 13.5. The van der Waals surface area contributed by atoms with Crippen molar-refractivity contribution in [1.82, 2.24) is 0 Å². The molecule has 1 aromatic carbocycles. The smallest absolute Gasteiger partial charge is 0.194 e. The number of ether oxygens (including phenoxy) is 1. The van der Waals surface area contributed by atoms with Gasteiger partial charge in [-0.05, 0) is 43.7 Å². The molecule has 1 aromatic rings. The molecule has 0 radical (unpaired) electrons. The summed E-state index contributed by atoms with van der Waals surface area (Å²) in [5, 5.41) is 0. The lowest BCUT2D eigenvalue weighted by atomic mass is 9.86. The van der Waals surface area contributed by atoms with Crippen molar-refractivity contribution >= 4 is 5.78 Å². The van der Waals surface area contributed by atoms with Crippen LogP contribution in [0.25, 0.3) is 0 Å². The fourth-order valence-corrected chi connectivity index (χ4v) is 2.69. The second kappa shape index (κ2) is 7.58. The summed E-state index contributed by atoms with van der Waals surface area (Å²) in [7, 11) is 0. The van der Waals surface area contributed by atoms with Gasteiger partial charge in [-0.25, -0.2) is 0 Å². The van der Waals surface area contributed by atoms with Crippen LogP contribution in [0.2, 0.25) is 0 Å². The molecule has 2 nitrogen and oxygen atoms in total. The number of carbonyl (C=O) groups excluding carboxylic acids is 1. The summed E-state index contributed by atoms with van der Waals surface area (Å²) in [6.45, 7) is 10.9. The third kappa shape index (κ3) is 3.92. The van der Waals surface area contributed by atoms with Crippen molar-refractivity contribution in [3.05, 3.63) is 35.4 Å². The van der Waals surface area contributed by atoms with Crippen LogP contribution in [0.4, 0.5) is 0 Å². The van der Waals surface area contributed by atoms with Gasteiger partial charge in [-0.3, -0.25) is 4.79 Å². The Morgan fingerprint density at radius 2 is 1.85 bits per heavy atom. The van der Waals surface area contributed by atoms with E-state index in [1.165, 1.54) is 5.56 Å². The van der Waals surface area contributed by atoms with Gasteiger partial charge in [0, 0.05) is 12.2 Å². The predicted molar refractivity (Wildman–Crippen MR) is 84.3 cm³/mol. The fourth-order valence-electron chi connectivity index (χ4n) is 2.69. The number of hydrogen-bond donors (Lipinski definition) is 0. The number of carbonyl (C=O) groups is 1. The highest BCUT2D eigenvalue weighted by Crippen LogP contribution is 2.26. The Morgan fingerprint density at radius 1 is 1.20 bits per heavy atom. The van der Waals surface area contributed by atoms with E-state index in [1.54, 1.807) is 0 Å². The minimum Gasteiger partial charge on any atom is -0.367 e. The molecule has 0 atom stereocenters. The minimum absolute atomic E-state index is 0.120. The van der Waals surface area contributed by atoms with Gasteiger partial charge in [-0.2, -0.15) is 0 Å². The summed E-state index contributed by atoms with van der Waals surface area (Å²) in [6, 6.07) is 8.01. The first kappa shape index (κ1) is 16.9. The maximum atomic E-state index is 12.8. The zero-order chi connectivity index (χ0) is 15.2. The topological polar surface area (TPSA) is 26.3 Å². The Morgan fingerprint density at radius 3 is 2.35 bits per heavy atom. The highest BCUT2D eigenvalue weighted by atomic mass is 16.5. The zero-order valence-corrected chi connectivity index (χ0v) is 13.5. The molecule has 2 heteroatoms. The molecular weight excluding hydrogens is 248 g/mol. The van der Waals surface area contributed by atoms with Crippen LogP contribution in [0.5, 0.6) is 0 Å². The van der Waals surface area contributed by atoms with Gasteiger partial charge in [0.2, 0.25) is 0 Å². The van der Waals surface area contributed by atoms with E-state index in [-0.39, 0.29) is 5.78 Å². The van der Waals surface area contributed by atoms with Crippen LogP contribution >= 0.6 is 0 Å². The molecule has 0 aliphatic carbocycles. The first-order chi connectivity index (χ1) is 9.49. The summed E-state index contributed by atoms with van der Waals surface area (Å²) in [6.07, 6.45) is 2.43. The van der Waals surface area contributed by atoms with Gasteiger partial charge in [-0.15, -0.1) is 0 Å². The van der Waals surface area contributed by atoms with Crippen molar-refractivity contribution in [1.29, 1.82) is 0 Å². The van der Waals surface area contributed by atoms with Crippen LogP contribution in [-0.4, -0.2) is 18.0 Å². The van der Waals surface area contributed by atoms with Gasteiger partial charge >= 0.3 is 0 Å². The van der Waals surface area contributed by atoms with E-state index >= 15 is 0 Å². The molecule has 1 rings (SSSR count). The Hall–Kier alpha value is -1.15. The largest absolute Gasteiger partial charge is 0.367 e. The average molecular weight is 276 g/mol. The SMILES string of the molecule is CCOC(CC)(CC)C(=O)c1cccc(CC(C)C)c1. The van der Waals surface area contributed by atoms with Crippen LogP contribution in [0.3, 0.4) is 0 Å². The van der Waals surface area contributed by atoms with E-state index in [0.29, 0.717) is 25.4 Å². The van der Waals surface area contributed by atoms with Gasteiger partial charge in [0.05, 0.1) is 0 Å². The monoisotopic (exact) mass is 276 g/mol. The van der Waals surface area contributed by atoms with E-state index < -0.39 is 5.60 Å². The third-order valence-electron chi connectivity index (χ3n) is 3.81. The molecule has 0 spiro atoms. The van der Waals surface area contributed by atoms with E-state index in [1.807, 2.05) is 39.0 Å². The summed E-state index contributed by atoms with van der Waals surface area (Å²) >= 11 is 0. The summed E-state index contributed by atoms with van der Waals surface area (Å²) < 4.78 is 5.82. The molecule has 0 saturated heterocycles. The Labute approximate surface area is 123 Å². The highest BCUT2D eigenvalue weighted by Gasteiger charge is 2.36. The van der Waals surface area contributed by atoms with E-state index in [9.17, 15) is 4.79 Å². The lowest BCUT2D eigenvalue weighted by molar-refractivity contribution is -0.0250. The van der Waals surface area contributed by atoms with E-state index in [2.05, 4.69) is 19.9 Å². The molecule has 0 heterocycles. The van der Waals surface area contributed by atoms with Crippen LogP contribution in [0.1, 0.15) is 63.4 Å². The van der Waals surface area contributed by atoms with Gasteiger partial charge in [0.1, 0.15) is 5.60 Å². The van der Waals surface area contributed by atoms with Gasteiger partial charge in [0.25, 0.3) is 0 Å². The maximum absolute atomic E-state index is 12.8. The number of benzene rings is 1. The quantitative estimate of drug-likeness (QED) is 0.645. The lowest BCUT2D eigenvalue weighted by Crippen LogP contribution is -2.40. The first-order valence-corrected chi connectivity index (χ1v) is 7.76. The Kier molecular flexibility index (Phi) is 6.41. The third-order valence-corrected chi connectivity index (χ3v) is 3.81. The molecule has 20 heavy (non-hydrogen) atoms. The molecule has 112 valence electrons. The predicted octanol–water partition coefficient (Wildman–Crippen LogP) is 4.66. The first-order valence-electron chi connectivity index (χ1n) is 7.76. The summed E-state index contributed by atoms with van der Waals surface area (Å²) in [4.78, 5) is 12.8. The van der Waals surface area contributed by atoms with Crippen LogP contribution in [0.15, 0.2) is 24.3 Å². The normalized spacial score (nSPS) is 11.9. The molecule has 0 bridgehead atoms. The highest BCUT2D eigenvalue weighted by molar-refractivity contribution is 6.02. The van der Waals surface area contributed by atoms with E-state index in [0.717, 1.165) is 12.0 Å². The van der Waals surface area contributed by atoms with E-state index in [4.69, 9.17) is 4.74 Å². The fraction of sp³-hybridized carbons (Fsp3) is 0.611. The molecule has 0 N–H and O–H groups in total. The molecule has 0 aliphatic rings. The average Bonchev–Trinajstić information content (AvgIpc) is 2.44. The minimum atomic E-state index is -0.662. The molecule has 0 fully saturated rings. The molecule has 0 aliphatic heterocycles. The van der Waals surface area contributed by atoms with Crippen molar-refractivity contribution in [3.8, 4) is 0 Å². The number of hydrogen-bond acceptors (Lipinski definition) is 2. The van der Waals surface area contributed by atoms with Crippen molar-refractivity contribution in [2.45, 2.75) is 59.5 Å². The van der Waals surface area contributed by atoms with Crippen molar-refractivity contribution in [2.24, 2.45) is 5.92 Å². The number of ketones is 1. The Balaban J connectivity index is 3.06. The second-order valence-electron chi connectivity index (χ2n) is 5.76. The molecular formula is C18H28O2. The maximum Gasteiger partial charge on any atom is 0.194 e. The van der Waals surface area contributed by atoms with Crippen molar-refractivity contribution < 1.29 is 9.53 Å². The molecule has 0 aromatic heterocycles.